The Labute approximate surface area is 118 Å². The third kappa shape index (κ3) is 3.15. The first kappa shape index (κ1) is 14.1. The number of aromatic nitrogens is 1. The number of carbonyl (C=O) groups excluding carboxylic acids is 1. The number of esters is 1. The van der Waals surface area contributed by atoms with Gasteiger partial charge in [0.2, 0.25) is 0 Å². The first-order valence-corrected chi connectivity index (χ1v) is 6.49. The third-order valence-electron chi connectivity index (χ3n) is 2.88. The van der Waals surface area contributed by atoms with Crippen molar-refractivity contribution in [2.24, 2.45) is 0 Å². The summed E-state index contributed by atoms with van der Waals surface area (Å²) in [6, 6.07) is 8.97. The molecule has 2 rings (SSSR count). The summed E-state index contributed by atoms with van der Waals surface area (Å²) in [6.45, 7) is 5.88. The number of rotatable bonds is 4. The summed E-state index contributed by atoms with van der Waals surface area (Å²) >= 11 is 0. The van der Waals surface area contributed by atoms with Crippen molar-refractivity contribution in [1.29, 1.82) is 0 Å². The van der Waals surface area contributed by atoms with Gasteiger partial charge in [0.25, 0.3) is 0 Å². The first-order chi connectivity index (χ1) is 9.61. The molecule has 0 radical (unpaired) electrons. The molecule has 0 N–H and O–H groups in total. The van der Waals surface area contributed by atoms with E-state index in [1.807, 2.05) is 26.0 Å². The maximum Gasteiger partial charge on any atom is 0.338 e. The second kappa shape index (κ2) is 6.19. The zero-order valence-corrected chi connectivity index (χ0v) is 11.8. The van der Waals surface area contributed by atoms with Crippen molar-refractivity contribution in [3.05, 3.63) is 53.3 Å². The van der Waals surface area contributed by atoms with Gasteiger partial charge < -0.3 is 9.47 Å². The molecule has 20 heavy (non-hydrogen) atoms. The summed E-state index contributed by atoms with van der Waals surface area (Å²) in [7, 11) is 0. The number of pyridine rings is 1. The highest BCUT2D eigenvalue weighted by atomic mass is 16.5. The van der Waals surface area contributed by atoms with Crippen molar-refractivity contribution in [1.82, 2.24) is 4.98 Å². The SMILES string of the molecule is CCOC(=O)c1cccc(Oc2ccnc(C)c2)c1C. The van der Waals surface area contributed by atoms with Crippen LogP contribution in [0.1, 0.15) is 28.5 Å². The smallest absolute Gasteiger partial charge is 0.338 e. The number of benzene rings is 1. The predicted octanol–water partition coefficient (Wildman–Crippen LogP) is 3.67. The number of carbonyl (C=O) groups is 1. The molecule has 1 aromatic carbocycles. The molecule has 0 aliphatic heterocycles. The van der Waals surface area contributed by atoms with E-state index in [0.717, 1.165) is 11.3 Å². The largest absolute Gasteiger partial charge is 0.462 e. The highest BCUT2D eigenvalue weighted by Gasteiger charge is 2.13. The molecule has 0 saturated heterocycles. The fourth-order valence-electron chi connectivity index (χ4n) is 1.87. The Bertz CT molecular complexity index is 623. The molecule has 0 spiro atoms. The van der Waals surface area contributed by atoms with E-state index < -0.39 is 0 Å². The Balaban J connectivity index is 2.29. The summed E-state index contributed by atoms with van der Waals surface area (Å²) in [4.78, 5) is 16.0. The predicted molar refractivity (Wildman–Crippen MR) is 76.2 cm³/mol. The number of hydrogen-bond acceptors (Lipinski definition) is 4. The highest BCUT2D eigenvalue weighted by molar-refractivity contribution is 5.91. The average Bonchev–Trinajstić information content (AvgIpc) is 2.41. The van der Waals surface area contributed by atoms with Gasteiger partial charge >= 0.3 is 5.97 Å². The second-order valence-electron chi connectivity index (χ2n) is 4.38. The Morgan fingerprint density at radius 2 is 2.05 bits per heavy atom. The van der Waals surface area contributed by atoms with E-state index in [0.29, 0.717) is 23.7 Å². The molecule has 0 saturated carbocycles. The van der Waals surface area contributed by atoms with Gasteiger partial charge in [-0.1, -0.05) is 6.07 Å². The van der Waals surface area contributed by atoms with Gasteiger partial charge in [0, 0.05) is 23.5 Å². The number of aryl methyl sites for hydroxylation is 1. The van der Waals surface area contributed by atoms with E-state index in [1.165, 1.54) is 0 Å². The molecule has 0 unspecified atom stereocenters. The summed E-state index contributed by atoms with van der Waals surface area (Å²) in [5.74, 6) is 1.00. The van der Waals surface area contributed by atoms with Gasteiger partial charge in [-0.25, -0.2) is 4.79 Å². The minimum absolute atomic E-state index is 0.332. The van der Waals surface area contributed by atoms with Crippen LogP contribution in [0, 0.1) is 13.8 Å². The number of ether oxygens (including phenoxy) is 2. The molecule has 104 valence electrons. The topological polar surface area (TPSA) is 48.4 Å². The molecule has 0 aliphatic carbocycles. The zero-order chi connectivity index (χ0) is 14.5. The molecule has 0 amide bonds. The van der Waals surface area contributed by atoms with Crippen molar-refractivity contribution in [2.45, 2.75) is 20.8 Å². The van der Waals surface area contributed by atoms with Crippen LogP contribution in [-0.4, -0.2) is 17.6 Å². The van der Waals surface area contributed by atoms with Crippen LogP contribution in [0.25, 0.3) is 0 Å². The zero-order valence-electron chi connectivity index (χ0n) is 11.8. The van der Waals surface area contributed by atoms with Gasteiger partial charge in [-0.3, -0.25) is 4.98 Å². The van der Waals surface area contributed by atoms with Crippen molar-refractivity contribution in [2.75, 3.05) is 6.61 Å². The van der Waals surface area contributed by atoms with Crippen LogP contribution in [0.5, 0.6) is 11.5 Å². The lowest BCUT2D eigenvalue weighted by atomic mass is 10.1. The Hall–Kier alpha value is -2.36. The minimum atomic E-state index is -0.332. The van der Waals surface area contributed by atoms with Gasteiger partial charge in [0.1, 0.15) is 11.5 Å². The molecule has 0 bridgehead atoms. The molecule has 4 heteroatoms. The fraction of sp³-hybridized carbons (Fsp3) is 0.250. The Kier molecular flexibility index (Phi) is 4.35. The number of hydrogen-bond donors (Lipinski definition) is 0. The summed E-state index contributed by atoms with van der Waals surface area (Å²) in [6.07, 6.45) is 1.69. The lowest BCUT2D eigenvalue weighted by molar-refractivity contribution is 0.0525. The van der Waals surface area contributed by atoms with Crippen molar-refractivity contribution >= 4 is 5.97 Å². The van der Waals surface area contributed by atoms with Crippen LogP contribution >= 0.6 is 0 Å². The quantitative estimate of drug-likeness (QED) is 0.796. The normalized spacial score (nSPS) is 10.2. The van der Waals surface area contributed by atoms with Crippen molar-refractivity contribution in [3.8, 4) is 11.5 Å². The summed E-state index contributed by atoms with van der Waals surface area (Å²) in [5.41, 5.74) is 2.16. The first-order valence-electron chi connectivity index (χ1n) is 6.49. The summed E-state index contributed by atoms with van der Waals surface area (Å²) in [5, 5.41) is 0. The molecule has 2 aromatic rings. The van der Waals surface area contributed by atoms with Crippen molar-refractivity contribution < 1.29 is 14.3 Å². The summed E-state index contributed by atoms with van der Waals surface area (Å²) < 4.78 is 10.8. The second-order valence-corrected chi connectivity index (χ2v) is 4.38. The van der Waals surface area contributed by atoms with E-state index in [9.17, 15) is 4.79 Å². The lowest BCUT2D eigenvalue weighted by Crippen LogP contribution is -2.07. The van der Waals surface area contributed by atoms with E-state index in [-0.39, 0.29) is 5.97 Å². The average molecular weight is 271 g/mol. The van der Waals surface area contributed by atoms with E-state index in [1.54, 1.807) is 31.3 Å². The molecular formula is C16H17NO3. The Morgan fingerprint density at radius 3 is 2.75 bits per heavy atom. The standard InChI is InChI=1S/C16H17NO3/c1-4-19-16(18)14-6-5-7-15(12(14)3)20-13-8-9-17-11(2)10-13/h5-10H,4H2,1-3H3. The van der Waals surface area contributed by atoms with Crippen LogP contribution in [0.2, 0.25) is 0 Å². The van der Waals surface area contributed by atoms with Gasteiger partial charge in [0.05, 0.1) is 12.2 Å². The van der Waals surface area contributed by atoms with E-state index in [2.05, 4.69) is 4.98 Å². The monoisotopic (exact) mass is 271 g/mol. The fourth-order valence-corrected chi connectivity index (χ4v) is 1.87. The van der Waals surface area contributed by atoms with Crippen LogP contribution in [0.4, 0.5) is 0 Å². The van der Waals surface area contributed by atoms with Crippen LogP contribution in [0.3, 0.4) is 0 Å². The van der Waals surface area contributed by atoms with E-state index in [4.69, 9.17) is 9.47 Å². The molecule has 0 atom stereocenters. The Morgan fingerprint density at radius 1 is 1.25 bits per heavy atom. The lowest BCUT2D eigenvalue weighted by Gasteiger charge is -2.12. The van der Waals surface area contributed by atoms with Gasteiger partial charge in [-0.05, 0) is 39.0 Å². The minimum Gasteiger partial charge on any atom is -0.462 e. The highest BCUT2D eigenvalue weighted by Crippen LogP contribution is 2.27. The maximum atomic E-state index is 11.8. The van der Waals surface area contributed by atoms with Crippen LogP contribution in [-0.2, 0) is 4.74 Å². The maximum absolute atomic E-state index is 11.8. The molecule has 4 nitrogen and oxygen atoms in total. The van der Waals surface area contributed by atoms with Gasteiger partial charge in [0.15, 0.2) is 0 Å². The molecule has 0 fully saturated rings. The molecule has 1 heterocycles. The van der Waals surface area contributed by atoms with Crippen LogP contribution < -0.4 is 4.74 Å². The third-order valence-corrected chi connectivity index (χ3v) is 2.88. The van der Waals surface area contributed by atoms with E-state index >= 15 is 0 Å². The molecule has 1 aromatic heterocycles. The van der Waals surface area contributed by atoms with Crippen LogP contribution in [0.15, 0.2) is 36.5 Å². The van der Waals surface area contributed by atoms with Gasteiger partial charge in [-0.15, -0.1) is 0 Å². The van der Waals surface area contributed by atoms with Gasteiger partial charge in [-0.2, -0.15) is 0 Å². The molecular weight excluding hydrogens is 254 g/mol. The number of nitrogens with zero attached hydrogens (tertiary/aromatic N) is 1. The molecule has 0 aliphatic rings. The van der Waals surface area contributed by atoms with Crippen molar-refractivity contribution in [3.63, 3.8) is 0 Å².